The van der Waals surface area contributed by atoms with Crippen LogP contribution in [-0.2, 0) is 0 Å². The molecule has 4 nitrogen and oxygen atoms in total. The molecular weight excluding hydrogens is 202 g/mol. The highest BCUT2D eigenvalue weighted by molar-refractivity contribution is 5.90. The third-order valence-electron chi connectivity index (χ3n) is 2.50. The highest BCUT2D eigenvalue weighted by Gasteiger charge is 2.04. The first-order valence-corrected chi connectivity index (χ1v) is 5.36. The van der Waals surface area contributed by atoms with Crippen LogP contribution in [0.4, 0.5) is 5.82 Å². The fraction of sp³-hybridized carbons (Fsp3) is 0.333. The van der Waals surface area contributed by atoms with Crippen molar-refractivity contribution in [3.63, 3.8) is 0 Å². The third kappa shape index (κ3) is 2.28. The van der Waals surface area contributed by atoms with E-state index in [1.807, 2.05) is 31.2 Å². The second kappa shape index (κ2) is 4.90. The standard InChI is InChI=1S/C12H15N3O/c1-9(8-16)6-13-12-11-5-3-2-4-10(11)7-14-15-12/h2-5,7,9,16H,6,8H2,1H3,(H,13,15). The SMILES string of the molecule is CC(CO)CNc1nncc2ccccc12. The van der Waals surface area contributed by atoms with E-state index in [1.54, 1.807) is 6.20 Å². The number of hydrogen-bond acceptors (Lipinski definition) is 4. The molecule has 2 rings (SSSR count). The van der Waals surface area contributed by atoms with Gasteiger partial charge in [0.15, 0.2) is 5.82 Å². The molecule has 0 aliphatic heterocycles. The molecule has 1 aromatic carbocycles. The van der Waals surface area contributed by atoms with Crippen molar-refractivity contribution >= 4 is 16.6 Å². The summed E-state index contributed by atoms with van der Waals surface area (Å²) >= 11 is 0. The minimum absolute atomic E-state index is 0.172. The normalized spacial score (nSPS) is 12.6. The lowest BCUT2D eigenvalue weighted by atomic mass is 10.1. The first-order valence-electron chi connectivity index (χ1n) is 5.36. The van der Waals surface area contributed by atoms with E-state index in [2.05, 4.69) is 15.5 Å². The van der Waals surface area contributed by atoms with Crippen molar-refractivity contribution in [2.75, 3.05) is 18.5 Å². The second-order valence-corrected chi connectivity index (χ2v) is 3.95. The summed E-state index contributed by atoms with van der Waals surface area (Å²) in [4.78, 5) is 0. The van der Waals surface area contributed by atoms with Crippen molar-refractivity contribution < 1.29 is 5.11 Å². The minimum atomic E-state index is 0.172. The molecule has 0 aliphatic rings. The number of hydrogen-bond donors (Lipinski definition) is 2. The smallest absolute Gasteiger partial charge is 0.156 e. The summed E-state index contributed by atoms with van der Waals surface area (Å²) in [5.41, 5.74) is 0. The zero-order valence-corrected chi connectivity index (χ0v) is 9.22. The van der Waals surface area contributed by atoms with E-state index in [-0.39, 0.29) is 12.5 Å². The van der Waals surface area contributed by atoms with Gasteiger partial charge in [0.25, 0.3) is 0 Å². The van der Waals surface area contributed by atoms with Crippen molar-refractivity contribution in [1.29, 1.82) is 0 Å². The van der Waals surface area contributed by atoms with E-state index in [0.717, 1.165) is 16.6 Å². The van der Waals surface area contributed by atoms with Gasteiger partial charge in [-0.1, -0.05) is 31.2 Å². The number of benzene rings is 1. The molecule has 2 aromatic rings. The van der Waals surface area contributed by atoms with Gasteiger partial charge in [0.1, 0.15) is 0 Å². The van der Waals surface area contributed by atoms with E-state index in [4.69, 9.17) is 5.11 Å². The molecule has 4 heteroatoms. The van der Waals surface area contributed by atoms with Crippen LogP contribution in [0.2, 0.25) is 0 Å². The molecule has 1 aromatic heterocycles. The Kier molecular flexibility index (Phi) is 3.31. The van der Waals surface area contributed by atoms with Crippen molar-refractivity contribution in [2.24, 2.45) is 5.92 Å². The highest BCUT2D eigenvalue weighted by Crippen LogP contribution is 2.19. The number of rotatable bonds is 4. The monoisotopic (exact) mass is 217 g/mol. The number of nitrogens with one attached hydrogen (secondary N) is 1. The molecular formula is C12H15N3O. The van der Waals surface area contributed by atoms with Crippen LogP contribution in [0.5, 0.6) is 0 Å². The summed E-state index contributed by atoms with van der Waals surface area (Å²) in [5.74, 6) is 0.985. The molecule has 84 valence electrons. The fourth-order valence-electron chi connectivity index (χ4n) is 1.49. The van der Waals surface area contributed by atoms with Gasteiger partial charge in [-0.2, -0.15) is 5.10 Å². The summed E-state index contributed by atoms with van der Waals surface area (Å²) in [5, 5.41) is 22.3. The van der Waals surface area contributed by atoms with Crippen LogP contribution >= 0.6 is 0 Å². The average Bonchev–Trinajstić information content (AvgIpc) is 2.35. The van der Waals surface area contributed by atoms with Crippen molar-refractivity contribution in [3.05, 3.63) is 30.5 Å². The van der Waals surface area contributed by atoms with Crippen LogP contribution < -0.4 is 5.32 Å². The maximum absolute atomic E-state index is 8.95. The number of anilines is 1. The molecule has 0 radical (unpaired) electrons. The lowest BCUT2D eigenvalue weighted by Crippen LogP contribution is -2.15. The Morgan fingerprint density at radius 1 is 1.38 bits per heavy atom. The summed E-state index contributed by atoms with van der Waals surface area (Å²) < 4.78 is 0. The Morgan fingerprint density at radius 2 is 2.19 bits per heavy atom. The van der Waals surface area contributed by atoms with E-state index in [0.29, 0.717) is 6.54 Å². The maximum atomic E-state index is 8.95. The topological polar surface area (TPSA) is 58.0 Å². The van der Waals surface area contributed by atoms with E-state index in [1.165, 1.54) is 0 Å². The quantitative estimate of drug-likeness (QED) is 0.818. The first-order chi connectivity index (χ1) is 7.81. The molecule has 1 unspecified atom stereocenters. The maximum Gasteiger partial charge on any atom is 0.156 e. The van der Waals surface area contributed by atoms with Crippen LogP contribution in [0.25, 0.3) is 10.8 Å². The van der Waals surface area contributed by atoms with E-state index >= 15 is 0 Å². The van der Waals surface area contributed by atoms with E-state index < -0.39 is 0 Å². The molecule has 0 saturated heterocycles. The number of aromatic nitrogens is 2. The lowest BCUT2D eigenvalue weighted by Gasteiger charge is -2.11. The van der Waals surface area contributed by atoms with Gasteiger partial charge in [-0.25, -0.2) is 0 Å². The fourth-order valence-corrected chi connectivity index (χ4v) is 1.49. The molecule has 0 saturated carbocycles. The van der Waals surface area contributed by atoms with Gasteiger partial charge in [-0.3, -0.25) is 0 Å². The van der Waals surface area contributed by atoms with Crippen molar-refractivity contribution in [1.82, 2.24) is 10.2 Å². The summed E-state index contributed by atoms with van der Waals surface area (Å²) in [6, 6.07) is 7.97. The molecule has 0 fully saturated rings. The lowest BCUT2D eigenvalue weighted by molar-refractivity contribution is 0.244. The van der Waals surface area contributed by atoms with Gasteiger partial charge in [-0.15, -0.1) is 5.10 Å². The minimum Gasteiger partial charge on any atom is -0.396 e. The van der Waals surface area contributed by atoms with Crippen LogP contribution in [0.1, 0.15) is 6.92 Å². The Hall–Kier alpha value is -1.68. The summed E-state index contributed by atoms with van der Waals surface area (Å²) in [6.45, 7) is 2.84. The average molecular weight is 217 g/mol. The van der Waals surface area contributed by atoms with Gasteiger partial charge < -0.3 is 10.4 Å². The molecule has 0 bridgehead atoms. The van der Waals surface area contributed by atoms with Gasteiger partial charge in [0, 0.05) is 23.9 Å². The summed E-state index contributed by atoms with van der Waals surface area (Å²) in [6.07, 6.45) is 1.75. The first kappa shape index (κ1) is 10.8. The molecule has 16 heavy (non-hydrogen) atoms. The molecule has 1 heterocycles. The van der Waals surface area contributed by atoms with Gasteiger partial charge >= 0.3 is 0 Å². The van der Waals surface area contributed by atoms with Crippen LogP contribution in [0.15, 0.2) is 30.5 Å². The van der Waals surface area contributed by atoms with Gasteiger partial charge in [0.2, 0.25) is 0 Å². The number of fused-ring (bicyclic) bond motifs is 1. The molecule has 0 aliphatic carbocycles. The predicted molar refractivity (Wildman–Crippen MR) is 64.3 cm³/mol. The Balaban J connectivity index is 2.23. The molecule has 2 N–H and O–H groups in total. The van der Waals surface area contributed by atoms with Crippen LogP contribution in [0.3, 0.4) is 0 Å². The zero-order chi connectivity index (χ0) is 11.4. The number of nitrogens with zero attached hydrogens (tertiary/aromatic N) is 2. The third-order valence-corrected chi connectivity index (χ3v) is 2.50. The molecule has 1 atom stereocenters. The Morgan fingerprint density at radius 3 is 3.00 bits per heavy atom. The number of aliphatic hydroxyl groups is 1. The zero-order valence-electron chi connectivity index (χ0n) is 9.22. The molecule has 0 amide bonds. The van der Waals surface area contributed by atoms with Crippen LogP contribution in [-0.4, -0.2) is 28.5 Å². The predicted octanol–water partition coefficient (Wildman–Crippen LogP) is 1.67. The Labute approximate surface area is 94.3 Å². The van der Waals surface area contributed by atoms with Gasteiger partial charge in [-0.05, 0) is 5.92 Å². The number of aliphatic hydroxyl groups excluding tert-OH is 1. The largest absolute Gasteiger partial charge is 0.396 e. The second-order valence-electron chi connectivity index (χ2n) is 3.95. The van der Waals surface area contributed by atoms with E-state index in [9.17, 15) is 0 Å². The molecule has 0 spiro atoms. The summed E-state index contributed by atoms with van der Waals surface area (Å²) in [7, 11) is 0. The van der Waals surface area contributed by atoms with Gasteiger partial charge in [0.05, 0.1) is 6.20 Å². The van der Waals surface area contributed by atoms with Crippen molar-refractivity contribution in [3.8, 4) is 0 Å². The van der Waals surface area contributed by atoms with Crippen LogP contribution in [0, 0.1) is 5.92 Å². The van der Waals surface area contributed by atoms with Crippen molar-refractivity contribution in [2.45, 2.75) is 6.92 Å². The highest BCUT2D eigenvalue weighted by atomic mass is 16.3. The Bertz CT molecular complexity index is 467.